The Kier molecular flexibility index (Phi) is 8.32. The third-order valence-electron chi connectivity index (χ3n) is 6.51. The SMILES string of the molecule is COC(=O)Cn1cnc(N2CCO[C@](C)(O[C@H](C)c3cc(C(F)(F)F)cc(C(F)(F)F)c3)[C@@H]2c2ccc(F)cc2)n1. The summed E-state index contributed by atoms with van der Waals surface area (Å²) in [6.45, 7) is 2.71. The molecule has 0 aliphatic carbocycles. The van der Waals surface area contributed by atoms with Crippen LogP contribution in [0.4, 0.5) is 36.7 Å². The van der Waals surface area contributed by atoms with E-state index in [2.05, 4.69) is 14.8 Å². The Morgan fingerprint density at radius 2 is 1.71 bits per heavy atom. The number of alkyl halides is 6. The van der Waals surface area contributed by atoms with E-state index in [4.69, 9.17) is 9.47 Å². The van der Waals surface area contributed by atoms with Gasteiger partial charge in [0.15, 0.2) is 5.79 Å². The molecule has 2 aromatic carbocycles. The molecule has 0 bridgehead atoms. The van der Waals surface area contributed by atoms with Crippen molar-refractivity contribution in [2.24, 2.45) is 0 Å². The second-order valence-corrected chi connectivity index (χ2v) is 9.43. The molecule has 1 aromatic heterocycles. The van der Waals surface area contributed by atoms with Crippen LogP contribution in [-0.4, -0.2) is 46.8 Å². The topological polar surface area (TPSA) is 78.7 Å². The highest BCUT2D eigenvalue weighted by Crippen LogP contribution is 2.44. The van der Waals surface area contributed by atoms with Crippen molar-refractivity contribution in [2.45, 2.75) is 50.7 Å². The van der Waals surface area contributed by atoms with Crippen molar-refractivity contribution in [2.75, 3.05) is 25.2 Å². The minimum atomic E-state index is -5.04. The van der Waals surface area contributed by atoms with Crippen molar-refractivity contribution in [3.05, 3.63) is 76.9 Å². The van der Waals surface area contributed by atoms with E-state index in [-0.39, 0.29) is 37.3 Å². The number of hydrogen-bond donors (Lipinski definition) is 0. The van der Waals surface area contributed by atoms with Gasteiger partial charge in [0.1, 0.15) is 24.7 Å². The number of carbonyl (C=O) groups is 1. The maximum atomic E-state index is 13.8. The predicted molar refractivity (Wildman–Crippen MR) is 129 cm³/mol. The summed E-state index contributed by atoms with van der Waals surface area (Å²) in [5.74, 6) is -2.71. The highest BCUT2D eigenvalue weighted by atomic mass is 19.4. The number of rotatable bonds is 7. The van der Waals surface area contributed by atoms with Gasteiger partial charge in [0.25, 0.3) is 0 Å². The Hall–Kier alpha value is -3.72. The third-order valence-corrected chi connectivity index (χ3v) is 6.51. The van der Waals surface area contributed by atoms with Gasteiger partial charge in [0.05, 0.1) is 30.9 Å². The summed E-state index contributed by atoms with van der Waals surface area (Å²) in [4.78, 5) is 17.5. The molecular weight excluding hydrogens is 565 g/mol. The maximum Gasteiger partial charge on any atom is 0.416 e. The lowest BCUT2D eigenvalue weighted by Crippen LogP contribution is -2.55. The molecule has 1 aliphatic rings. The zero-order valence-corrected chi connectivity index (χ0v) is 22.0. The minimum Gasteiger partial charge on any atom is -0.468 e. The number of carbonyl (C=O) groups excluding carboxylic acids is 1. The first kappa shape index (κ1) is 30.2. The molecule has 8 nitrogen and oxygen atoms in total. The van der Waals surface area contributed by atoms with Crippen LogP contribution in [0.15, 0.2) is 48.8 Å². The highest BCUT2D eigenvalue weighted by Gasteiger charge is 2.47. The fourth-order valence-corrected chi connectivity index (χ4v) is 4.60. The molecule has 1 saturated heterocycles. The molecule has 0 saturated carbocycles. The Balaban J connectivity index is 1.74. The van der Waals surface area contributed by atoms with Gasteiger partial charge < -0.3 is 19.1 Å². The van der Waals surface area contributed by atoms with Gasteiger partial charge in [0, 0.05) is 6.54 Å². The van der Waals surface area contributed by atoms with Gasteiger partial charge >= 0.3 is 18.3 Å². The highest BCUT2D eigenvalue weighted by molar-refractivity contribution is 5.68. The van der Waals surface area contributed by atoms with Crippen molar-refractivity contribution >= 4 is 11.9 Å². The van der Waals surface area contributed by atoms with Crippen LogP contribution >= 0.6 is 0 Å². The number of benzene rings is 2. The fourth-order valence-electron chi connectivity index (χ4n) is 4.60. The number of esters is 1. The van der Waals surface area contributed by atoms with Crippen molar-refractivity contribution < 1.29 is 49.7 Å². The minimum absolute atomic E-state index is 0.00283. The molecule has 0 N–H and O–H groups in total. The van der Waals surface area contributed by atoms with Gasteiger partial charge in [-0.05, 0) is 55.3 Å². The summed E-state index contributed by atoms with van der Waals surface area (Å²) < 4.78 is 113. The van der Waals surface area contributed by atoms with Crippen LogP contribution in [0.3, 0.4) is 0 Å². The summed E-state index contributed by atoms with van der Waals surface area (Å²) >= 11 is 0. The van der Waals surface area contributed by atoms with Crippen LogP contribution < -0.4 is 4.90 Å². The molecule has 2 heterocycles. The summed E-state index contributed by atoms with van der Waals surface area (Å²) in [6.07, 6.45) is -10.1. The van der Waals surface area contributed by atoms with E-state index in [1.807, 2.05) is 0 Å². The maximum absolute atomic E-state index is 13.8. The molecule has 3 aromatic rings. The largest absolute Gasteiger partial charge is 0.468 e. The number of aromatic nitrogens is 3. The number of nitrogens with zero attached hydrogens (tertiary/aromatic N) is 4. The number of halogens is 7. The molecule has 3 atom stereocenters. The van der Waals surface area contributed by atoms with E-state index < -0.39 is 53.2 Å². The van der Waals surface area contributed by atoms with Crippen LogP contribution in [0.2, 0.25) is 0 Å². The first-order valence-corrected chi connectivity index (χ1v) is 12.2. The van der Waals surface area contributed by atoms with Gasteiger partial charge in [0.2, 0.25) is 5.95 Å². The first-order chi connectivity index (χ1) is 19.1. The number of hydrogen-bond acceptors (Lipinski definition) is 7. The van der Waals surface area contributed by atoms with Crippen molar-refractivity contribution in [1.29, 1.82) is 0 Å². The molecule has 0 radical (unpaired) electrons. The van der Waals surface area contributed by atoms with Crippen LogP contribution in [-0.2, 0) is 37.9 Å². The molecule has 222 valence electrons. The molecule has 4 rings (SSSR count). The van der Waals surface area contributed by atoms with Crippen molar-refractivity contribution in [3.8, 4) is 0 Å². The van der Waals surface area contributed by atoms with Gasteiger partial charge in [-0.25, -0.2) is 14.1 Å². The lowest BCUT2D eigenvalue weighted by molar-refractivity contribution is -0.271. The van der Waals surface area contributed by atoms with Gasteiger partial charge in [-0.2, -0.15) is 26.3 Å². The third kappa shape index (κ3) is 6.78. The lowest BCUT2D eigenvalue weighted by atomic mass is 9.95. The Labute approximate surface area is 229 Å². The number of ether oxygens (including phenoxy) is 3. The lowest BCUT2D eigenvalue weighted by Gasteiger charge is -2.48. The van der Waals surface area contributed by atoms with Crippen LogP contribution in [0.25, 0.3) is 0 Å². The second-order valence-electron chi connectivity index (χ2n) is 9.43. The van der Waals surface area contributed by atoms with E-state index in [9.17, 15) is 35.5 Å². The first-order valence-electron chi connectivity index (χ1n) is 12.2. The number of morpholine rings is 1. The van der Waals surface area contributed by atoms with E-state index in [0.29, 0.717) is 17.7 Å². The molecule has 1 aliphatic heterocycles. The monoisotopic (exact) mass is 590 g/mol. The summed E-state index contributed by atoms with van der Waals surface area (Å²) in [5.41, 5.74) is -2.91. The standard InChI is InChI=1S/C26H25F7N4O4/c1-15(17-10-18(25(28,29)30)12-19(11-17)26(31,32)33)41-24(2)22(16-4-6-20(27)7-5-16)37(8-9-40-24)23-34-14-36(35-23)13-21(38)39-3/h4-7,10-12,14-15,22H,8-9,13H2,1-3H3/t15-,22+,24-/m1/s1. The quantitative estimate of drug-likeness (QED) is 0.258. The molecule has 0 unspecified atom stereocenters. The summed E-state index contributed by atoms with van der Waals surface area (Å²) in [7, 11) is 1.21. The summed E-state index contributed by atoms with van der Waals surface area (Å²) in [6, 6.07) is 5.50. The van der Waals surface area contributed by atoms with Crippen molar-refractivity contribution in [3.63, 3.8) is 0 Å². The zero-order chi connectivity index (χ0) is 30.2. The summed E-state index contributed by atoms with van der Waals surface area (Å²) in [5, 5.41) is 4.29. The van der Waals surface area contributed by atoms with Crippen LogP contribution in [0.1, 0.15) is 48.2 Å². The molecule has 0 amide bonds. The van der Waals surface area contributed by atoms with E-state index in [0.717, 1.165) is 0 Å². The van der Waals surface area contributed by atoms with Gasteiger partial charge in [-0.15, -0.1) is 5.10 Å². The smallest absolute Gasteiger partial charge is 0.416 e. The molecular formula is C26H25F7N4O4. The van der Waals surface area contributed by atoms with Gasteiger partial charge in [-0.3, -0.25) is 4.79 Å². The van der Waals surface area contributed by atoms with Crippen LogP contribution in [0.5, 0.6) is 0 Å². The molecule has 15 heteroatoms. The zero-order valence-electron chi connectivity index (χ0n) is 22.0. The average molecular weight is 590 g/mol. The normalized spacial score (nSPS) is 20.6. The van der Waals surface area contributed by atoms with E-state index in [1.165, 1.54) is 56.2 Å². The van der Waals surface area contributed by atoms with Gasteiger partial charge in [-0.1, -0.05) is 12.1 Å². The van der Waals surface area contributed by atoms with E-state index >= 15 is 0 Å². The second kappa shape index (κ2) is 11.3. The number of methoxy groups -OCH3 is 1. The Morgan fingerprint density at radius 1 is 1.10 bits per heavy atom. The number of anilines is 1. The Bertz CT molecular complexity index is 1350. The predicted octanol–water partition coefficient (Wildman–Crippen LogP) is 5.70. The van der Waals surface area contributed by atoms with Crippen molar-refractivity contribution in [1.82, 2.24) is 14.8 Å². The average Bonchev–Trinajstić information content (AvgIpc) is 3.36. The van der Waals surface area contributed by atoms with Crippen LogP contribution in [0, 0.1) is 5.82 Å². The molecule has 41 heavy (non-hydrogen) atoms. The molecule has 1 fully saturated rings. The van der Waals surface area contributed by atoms with E-state index in [1.54, 1.807) is 4.90 Å². The Morgan fingerprint density at radius 3 is 2.27 bits per heavy atom. The molecule has 0 spiro atoms. The fraction of sp³-hybridized carbons (Fsp3) is 0.423.